The lowest BCUT2D eigenvalue weighted by molar-refractivity contribution is -0.0329. The smallest absolute Gasteiger partial charge is 0.441 e. The molecular formula is C10H10BrF3OS. The Hall–Kier alpha value is -0.360. The van der Waals surface area contributed by atoms with E-state index in [9.17, 15) is 13.2 Å². The fraction of sp³-hybridized carbons (Fsp3) is 0.400. The summed E-state index contributed by atoms with van der Waals surface area (Å²) in [5.41, 5.74) is -3.13. The highest BCUT2D eigenvalue weighted by Crippen LogP contribution is 2.30. The minimum atomic E-state index is -4.19. The molecule has 0 aromatic heterocycles. The van der Waals surface area contributed by atoms with Crippen molar-refractivity contribution in [3.63, 3.8) is 0 Å². The van der Waals surface area contributed by atoms with Crippen molar-refractivity contribution in [2.45, 2.75) is 12.4 Å². The number of aryl methyl sites for hydroxylation is 1. The van der Waals surface area contributed by atoms with E-state index in [1.807, 2.05) is 19.1 Å². The van der Waals surface area contributed by atoms with Crippen LogP contribution in [0.25, 0.3) is 0 Å². The van der Waals surface area contributed by atoms with Gasteiger partial charge in [0.25, 0.3) is 0 Å². The van der Waals surface area contributed by atoms with Gasteiger partial charge in [0, 0.05) is 5.75 Å². The van der Waals surface area contributed by atoms with Crippen molar-refractivity contribution in [2.24, 2.45) is 0 Å². The molecule has 0 heterocycles. The summed E-state index contributed by atoms with van der Waals surface area (Å²) in [7, 11) is 0. The largest absolute Gasteiger partial charge is 0.492 e. The fourth-order valence-corrected chi connectivity index (χ4v) is 2.04. The van der Waals surface area contributed by atoms with Gasteiger partial charge in [0.15, 0.2) is 0 Å². The predicted octanol–water partition coefficient (Wildman–Crippen LogP) is 4.39. The Balaban J connectivity index is 2.38. The van der Waals surface area contributed by atoms with Gasteiger partial charge < -0.3 is 4.74 Å². The van der Waals surface area contributed by atoms with Crippen molar-refractivity contribution in [3.05, 3.63) is 28.2 Å². The highest BCUT2D eigenvalue weighted by Gasteiger charge is 2.27. The summed E-state index contributed by atoms with van der Waals surface area (Å²) in [4.78, 5) is 0. The molecule has 1 rings (SSSR count). The number of thioether (sulfide) groups is 1. The zero-order valence-electron chi connectivity index (χ0n) is 8.47. The quantitative estimate of drug-likeness (QED) is 0.762. The van der Waals surface area contributed by atoms with Gasteiger partial charge in [-0.2, -0.15) is 13.2 Å². The molecule has 0 radical (unpaired) electrons. The second-order valence-electron chi connectivity index (χ2n) is 3.08. The molecular weight excluding hydrogens is 305 g/mol. The van der Waals surface area contributed by atoms with Crippen LogP contribution in [0.4, 0.5) is 13.2 Å². The highest BCUT2D eigenvalue weighted by atomic mass is 79.9. The second-order valence-corrected chi connectivity index (χ2v) is 5.09. The lowest BCUT2D eigenvalue weighted by atomic mass is 10.2. The van der Waals surface area contributed by atoms with Crippen molar-refractivity contribution in [1.82, 2.24) is 0 Å². The van der Waals surface area contributed by atoms with Gasteiger partial charge in [0.2, 0.25) is 0 Å². The third kappa shape index (κ3) is 5.12. The number of ether oxygens (including phenoxy) is 1. The number of benzene rings is 1. The van der Waals surface area contributed by atoms with Crippen LogP contribution in [0.1, 0.15) is 5.56 Å². The third-order valence-corrected chi connectivity index (χ3v) is 3.01. The molecule has 0 aliphatic carbocycles. The summed E-state index contributed by atoms with van der Waals surface area (Å²) in [6.45, 7) is 1.96. The first kappa shape index (κ1) is 13.7. The maximum Gasteiger partial charge on any atom is 0.441 e. The lowest BCUT2D eigenvalue weighted by Crippen LogP contribution is -2.07. The molecule has 6 heteroatoms. The molecule has 0 atom stereocenters. The molecule has 0 unspecified atom stereocenters. The average Bonchev–Trinajstić information content (AvgIpc) is 2.13. The Labute approximate surface area is 104 Å². The van der Waals surface area contributed by atoms with Crippen LogP contribution < -0.4 is 4.74 Å². The summed E-state index contributed by atoms with van der Waals surface area (Å²) < 4.78 is 41.4. The van der Waals surface area contributed by atoms with Crippen LogP contribution in [-0.2, 0) is 0 Å². The molecule has 1 aromatic rings. The average molecular weight is 315 g/mol. The molecule has 16 heavy (non-hydrogen) atoms. The van der Waals surface area contributed by atoms with Crippen LogP contribution in [0.3, 0.4) is 0 Å². The monoisotopic (exact) mass is 314 g/mol. The predicted molar refractivity (Wildman–Crippen MR) is 62.9 cm³/mol. The zero-order chi connectivity index (χ0) is 12.2. The zero-order valence-corrected chi connectivity index (χ0v) is 10.9. The Bertz CT molecular complexity index is 354. The van der Waals surface area contributed by atoms with Gasteiger partial charge in [-0.1, -0.05) is 6.07 Å². The van der Waals surface area contributed by atoms with E-state index < -0.39 is 5.51 Å². The maximum absolute atomic E-state index is 11.8. The van der Waals surface area contributed by atoms with E-state index >= 15 is 0 Å². The van der Waals surface area contributed by atoms with Crippen LogP contribution in [-0.4, -0.2) is 17.9 Å². The van der Waals surface area contributed by atoms with Crippen LogP contribution >= 0.6 is 27.7 Å². The minimum Gasteiger partial charge on any atom is -0.492 e. The second kappa shape index (κ2) is 5.82. The van der Waals surface area contributed by atoms with Gasteiger partial charge >= 0.3 is 5.51 Å². The van der Waals surface area contributed by atoms with E-state index in [2.05, 4.69) is 15.9 Å². The Morgan fingerprint density at radius 3 is 2.62 bits per heavy atom. The normalized spacial score (nSPS) is 11.6. The number of hydrogen-bond donors (Lipinski definition) is 0. The lowest BCUT2D eigenvalue weighted by Gasteiger charge is -2.09. The van der Waals surface area contributed by atoms with E-state index in [1.165, 1.54) is 0 Å². The van der Waals surface area contributed by atoms with Gasteiger partial charge in [-0.3, -0.25) is 0 Å². The molecule has 0 saturated carbocycles. The SMILES string of the molecule is Cc1ccc(OCCSC(F)(F)F)c(Br)c1. The van der Waals surface area contributed by atoms with Crippen LogP contribution in [0, 0.1) is 6.92 Å². The van der Waals surface area contributed by atoms with Gasteiger partial charge in [-0.15, -0.1) is 0 Å². The summed E-state index contributed by atoms with van der Waals surface area (Å²) in [5, 5.41) is 0. The first-order valence-electron chi connectivity index (χ1n) is 4.48. The summed E-state index contributed by atoms with van der Waals surface area (Å²) in [6, 6.07) is 5.43. The van der Waals surface area contributed by atoms with Gasteiger partial charge in [-0.05, 0) is 52.3 Å². The molecule has 0 amide bonds. The minimum absolute atomic E-state index is 0.0336. The number of rotatable bonds is 4. The van der Waals surface area contributed by atoms with Crippen molar-refractivity contribution < 1.29 is 17.9 Å². The van der Waals surface area contributed by atoms with E-state index in [0.29, 0.717) is 5.75 Å². The first-order chi connectivity index (χ1) is 7.38. The number of alkyl halides is 3. The van der Waals surface area contributed by atoms with Crippen molar-refractivity contribution in [2.75, 3.05) is 12.4 Å². The fourth-order valence-electron chi connectivity index (χ4n) is 1.03. The topological polar surface area (TPSA) is 9.23 Å². The summed E-state index contributed by atoms with van der Waals surface area (Å²) >= 11 is 3.21. The van der Waals surface area contributed by atoms with Gasteiger partial charge in [0.05, 0.1) is 11.1 Å². The van der Waals surface area contributed by atoms with Gasteiger partial charge in [0.1, 0.15) is 5.75 Å². The molecule has 0 saturated heterocycles. The van der Waals surface area contributed by atoms with Gasteiger partial charge in [-0.25, -0.2) is 0 Å². The molecule has 0 aliphatic heterocycles. The van der Waals surface area contributed by atoms with E-state index in [0.717, 1.165) is 10.0 Å². The molecule has 0 bridgehead atoms. The molecule has 1 nitrogen and oxygen atoms in total. The summed E-state index contributed by atoms with van der Waals surface area (Å²) in [6.07, 6.45) is 0. The maximum atomic E-state index is 11.8. The number of halogens is 4. The molecule has 0 aliphatic rings. The number of hydrogen-bond acceptors (Lipinski definition) is 2. The van der Waals surface area contributed by atoms with Crippen LogP contribution in [0.15, 0.2) is 22.7 Å². The molecule has 90 valence electrons. The third-order valence-electron chi connectivity index (χ3n) is 1.69. The van der Waals surface area contributed by atoms with Crippen molar-refractivity contribution >= 4 is 27.7 Å². The molecule has 1 aromatic carbocycles. The highest BCUT2D eigenvalue weighted by molar-refractivity contribution is 9.10. The van der Waals surface area contributed by atoms with E-state index in [4.69, 9.17) is 4.74 Å². The Morgan fingerprint density at radius 2 is 2.06 bits per heavy atom. The Kier molecular flexibility index (Phi) is 4.98. The van der Waals surface area contributed by atoms with Crippen molar-refractivity contribution in [3.8, 4) is 5.75 Å². The van der Waals surface area contributed by atoms with Crippen molar-refractivity contribution in [1.29, 1.82) is 0 Å². The first-order valence-corrected chi connectivity index (χ1v) is 6.26. The molecule has 0 spiro atoms. The molecule has 0 fully saturated rings. The molecule has 0 N–H and O–H groups in total. The van der Waals surface area contributed by atoms with E-state index in [-0.39, 0.29) is 24.1 Å². The summed E-state index contributed by atoms with van der Waals surface area (Å²) in [5.74, 6) is 0.456. The Morgan fingerprint density at radius 1 is 1.38 bits per heavy atom. The van der Waals surface area contributed by atoms with Crippen LogP contribution in [0.5, 0.6) is 5.75 Å². The van der Waals surface area contributed by atoms with Crippen LogP contribution in [0.2, 0.25) is 0 Å². The van der Waals surface area contributed by atoms with E-state index in [1.54, 1.807) is 6.07 Å². The standard InChI is InChI=1S/C10H10BrF3OS/c1-7-2-3-9(8(11)6-7)15-4-5-16-10(12,13)14/h2-3,6H,4-5H2,1H3.